The molecule has 1 aromatic rings. The number of hydrogen-bond donors (Lipinski definition) is 1. The van der Waals surface area contributed by atoms with Crippen molar-refractivity contribution in [1.82, 2.24) is 4.98 Å². The van der Waals surface area contributed by atoms with E-state index in [4.69, 9.17) is 0 Å². The summed E-state index contributed by atoms with van der Waals surface area (Å²) in [5.41, 5.74) is 1.65. The first-order chi connectivity index (χ1) is 6.49. The minimum Gasteiger partial charge on any atom is -0.388 e. The van der Waals surface area contributed by atoms with E-state index in [1.54, 1.807) is 11.7 Å². The molecule has 0 aromatic carbocycles. The molecule has 1 unspecified atom stereocenters. The van der Waals surface area contributed by atoms with Crippen molar-refractivity contribution in [3.05, 3.63) is 16.6 Å². The summed E-state index contributed by atoms with van der Waals surface area (Å²) in [6.07, 6.45) is 3.18. The molecule has 0 saturated carbocycles. The summed E-state index contributed by atoms with van der Waals surface area (Å²) in [6.45, 7) is 0. The molecular weight excluding hydrogens is 222 g/mol. The van der Waals surface area contributed by atoms with Crippen LogP contribution in [0, 0.1) is 0 Å². The molecule has 1 rings (SSSR count). The molecule has 0 radical (unpaired) electrons. The van der Waals surface area contributed by atoms with Gasteiger partial charge in [-0.3, -0.25) is 4.98 Å². The SMILES string of the molecule is CS(=O)(=O)CCCC(O)c1cncs1. The largest absolute Gasteiger partial charge is 0.388 e. The Morgan fingerprint density at radius 1 is 1.64 bits per heavy atom. The van der Waals surface area contributed by atoms with Gasteiger partial charge in [-0.05, 0) is 12.8 Å². The van der Waals surface area contributed by atoms with Crippen molar-refractivity contribution in [2.45, 2.75) is 18.9 Å². The highest BCUT2D eigenvalue weighted by Crippen LogP contribution is 2.21. The summed E-state index contributed by atoms with van der Waals surface area (Å²) in [4.78, 5) is 4.63. The maximum atomic E-state index is 10.8. The van der Waals surface area contributed by atoms with Crippen LogP contribution in [-0.2, 0) is 9.84 Å². The lowest BCUT2D eigenvalue weighted by molar-refractivity contribution is 0.170. The van der Waals surface area contributed by atoms with Gasteiger partial charge in [-0.15, -0.1) is 11.3 Å². The second kappa shape index (κ2) is 4.86. The zero-order valence-corrected chi connectivity index (χ0v) is 9.51. The van der Waals surface area contributed by atoms with Crippen molar-refractivity contribution in [2.24, 2.45) is 0 Å². The minimum atomic E-state index is -2.91. The van der Waals surface area contributed by atoms with Gasteiger partial charge in [0.2, 0.25) is 0 Å². The molecule has 1 atom stereocenters. The molecule has 0 saturated heterocycles. The van der Waals surface area contributed by atoms with Crippen LogP contribution in [0.1, 0.15) is 23.8 Å². The number of nitrogens with zero attached hydrogens (tertiary/aromatic N) is 1. The standard InChI is InChI=1S/C8H13NO3S2/c1-14(11,12)4-2-3-7(10)8-5-9-6-13-8/h5-7,10H,2-4H2,1H3. The van der Waals surface area contributed by atoms with E-state index in [2.05, 4.69) is 4.98 Å². The Morgan fingerprint density at radius 2 is 2.36 bits per heavy atom. The second-order valence-electron chi connectivity index (χ2n) is 3.19. The van der Waals surface area contributed by atoms with Crippen LogP contribution < -0.4 is 0 Å². The third-order valence-corrected chi connectivity index (χ3v) is 3.68. The maximum Gasteiger partial charge on any atom is 0.147 e. The number of sulfone groups is 1. The van der Waals surface area contributed by atoms with Crippen molar-refractivity contribution in [2.75, 3.05) is 12.0 Å². The molecule has 0 fully saturated rings. The van der Waals surface area contributed by atoms with Crippen LogP contribution in [0.4, 0.5) is 0 Å². The molecule has 0 bridgehead atoms. The van der Waals surface area contributed by atoms with Gasteiger partial charge in [0.25, 0.3) is 0 Å². The molecule has 4 nitrogen and oxygen atoms in total. The van der Waals surface area contributed by atoms with Crippen LogP contribution in [0.5, 0.6) is 0 Å². The van der Waals surface area contributed by atoms with Gasteiger partial charge in [-0.25, -0.2) is 8.42 Å². The smallest absolute Gasteiger partial charge is 0.147 e. The number of hydrogen-bond acceptors (Lipinski definition) is 5. The lowest BCUT2D eigenvalue weighted by atomic mass is 10.2. The minimum absolute atomic E-state index is 0.128. The highest BCUT2D eigenvalue weighted by Gasteiger charge is 2.10. The van der Waals surface area contributed by atoms with E-state index in [0.29, 0.717) is 12.8 Å². The average Bonchev–Trinajstić information content (AvgIpc) is 2.53. The Labute approximate surface area is 87.5 Å². The summed E-state index contributed by atoms with van der Waals surface area (Å²) in [6, 6.07) is 0. The molecular formula is C8H13NO3S2. The van der Waals surface area contributed by atoms with E-state index in [9.17, 15) is 13.5 Å². The molecule has 1 aromatic heterocycles. The Morgan fingerprint density at radius 3 is 2.86 bits per heavy atom. The quantitative estimate of drug-likeness (QED) is 0.826. The first-order valence-corrected chi connectivity index (χ1v) is 7.17. The summed E-state index contributed by atoms with van der Waals surface area (Å²) in [5.74, 6) is 0.128. The van der Waals surface area contributed by atoms with Gasteiger partial charge in [0.15, 0.2) is 0 Å². The molecule has 0 amide bonds. The number of thiazole rings is 1. The normalized spacial score (nSPS) is 14.1. The number of rotatable bonds is 5. The molecule has 1 N–H and O–H groups in total. The zero-order chi connectivity index (χ0) is 10.6. The maximum absolute atomic E-state index is 10.8. The summed E-state index contributed by atoms with van der Waals surface area (Å²) >= 11 is 1.38. The van der Waals surface area contributed by atoms with E-state index < -0.39 is 15.9 Å². The molecule has 80 valence electrons. The highest BCUT2D eigenvalue weighted by molar-refractivity contribution is 7.90. The van der Waals surface area contributed by atoms with Gasteiger partial charge in [0.1, 0.15) is 9.84 Å². The Hall–Kier alpha value is -0.460. The van der Waals surface area contributed by atoms with Crippen molar-refractivity contribution in [3.63, 3.8) is 0 Å². The predicted octanol–water partition coefficient (Wildman–Crippen LogP) is 1.00. The Bertz CT molecular complexity index is 358. The summed E-state index contributed by atoms with van der Waals surface area (Å²) < 4.78 is 21.6. The molecule has 0 aliphatic heterocycles. The molecule has 0 spiro atoms. The van der Waals surface area contributed by atoms with Crippen molar-refractivity contribution >= 4 is 21.2 Å². The molecule has 14 heavy (non-hydrogen) atoms. The molecule has 1 heterocycles. The monoisotopic (exact) mass is 235 g/mol. The highest BCUT2D eigenvalue weighted by atomic mass is 32.2. The van der Waals surface area contributed by atoms with Gasteiger partial charge < -0.3 is 5.11 Å². The lowest BCUT2D eigenvalue weighted by Crippen LogP contribution is -2.05. The van der Waals surface area contributed by atoms with Crippen molar-refractivity contribution in [3.8, 4) is 0 Å². The summed E-state index contributed by atoms with van der Waals surface area (Å²) in [5, 5.41) is 9.58. The zero-order valence-electron chi connectivity index (χ0n) is 7.88. The average molecular weight is 235 g/mol. The van der Waals surface area contributed by atoms with E-state index in [0.717, 1.165) is 4.88 Å². The first kappa shape index (κ1) is 11.6. The summed E-state index contributed by atoms with van der Waals surface area (Å²) in [7, 11) is -2.91. The fourth-order valence-electron chi connectivity index (χ4n) is 1.07. The Balaban J connectivity index is 2.33. The van der Waals surface area contributed by atoms with E-state index in [1.165, 1.54) is 17.6 Å². The lowest BCUT2D eigenvalue weighted by Gasteiger charge is -2.06. The molecule has 0 aliphatic rings. The predicted molar refractivity (Wildman–Crippen MR) is 56.0 cm³/mol. The van der Waals surface area contributed by atoms with Gasteiger partial charge in [-0.2, -0.15) is 0 Å². The van der Waals surface area contributed by atoms with Crippen LogP contribution in [0.2, 0.25) is 0 Å². The third kappa shape index (κ3) is 4.17. The van der Waals surface area contributed by atoms with Crippen LogP contribution in [0.3, 0.4) is 0 Å². The van der Waals surface area contributed by atoms with Crippen LogP contribution in [0.25, 0.3) is 0 Å². The molecule has 0 aliphatic carbocycles. The number of aliphatic hydroxyl groups is 1. The van der Waals surface area contributed by atoms with Crippen LogP contribution >= 0.6 is 11.3 Å². The first-order valence-electron chi connectivity index (χ1n) is 4.23. The topological polar surface area (TPSA) is 67.3 Å². The van der Waals surface area contributed by atoms with Crippen LogP contribution in [0.15, 0.2) is 11.7 Å². The fraction of sp³-hybridized carbons (Fsp3) is 0.625. The number of aliphatic hydroxyl groups excluding tert-OH is 1. The van der Waals surface area contributed by atoms with E-state index >= 15 is 0 Å². The van der Waals surface area contributed by atoms with E-state index in [-0.39, 0.29) is 5.75 Å². The van der Waals surface area contributed by atoms with Crippen molar-refractivity contribution in [1.29, 1.82) is 0 Å². The van der Waals surface area contributed by atoms with Gasteiger partial charge >= 0.3 is 0 Å². The fourth-order valence-corrected chi connectivity index (χ4v) is 2.40. The van der Waals surface area contributed by atoms with Gasteiger partial charge in [0.05, 0.1) is 16.5 Å². The molecule has 6 heteroatoms. The Kier molecular flexibility index (Phi) is 4.03. The number of aromatic nitrogens is 1. The van der Waals surface area contributed by atoms with Gasteiger partial charge in [-0.1, -0.05) is 0 Å². The van der Waals surface area contributed by atoms with Crippen molar-refractivity contribution < 1.29 is 13.5 Å². The van der Waals surface area contributed by atoms with Crippen LogP contribution in [-0.4, -0.2) is 30.5 Å². The van der Waals surface area contributed by atoms with E-state index in [1.807, 2.05) is 0 Å². The van der Waals surface area contributed by atoms with Gasteiger partial charge in [0, 0.05) is 18.2 Å². The second-order valence-corrected chi connectivity index (χ2v) is 6.37. The third-order valence-electron chi connectivity index (χ3n) is 1.77.